The second kappa shape index (κ2) is 3.88. The largest absolute Gasteiger partial charge is 0.292 e. The number of aliphatic imine (C=N–C) groups is 1. The number of hydrogen-bond acceptors (Lipinski definition) is 1. The first kappa shape index (κ1) is 8.70. The Balaban J connectivity index is 2.30. The summed E-state index contributed by atoms with van der Waals surface area (Å²) in [7, 11) is 0. The summed E-state index contributed by atoms with van der Waals surface area (Å²) in [6.45, 7) is 0.931. The predicted molar refractivity (Wildman–Crippen MR) is 60.1 cm³/mol. The molecule has 0 N–H and O–H groups in total. The van der Waals surface area contributed by atoms with Crippen LogP contribution in [0.3, 0.4) is 0 Å². The molecule has 1 heterocycles. The Morgan fingerprint density at radius 2 is 1.92 bits per heavy atom. The maximum atomic E-state index is 4.25. The summed E-state index contributed by atoms with van der Waals surface area (Å²) in [6.07, 6.45) is 5.24. The van der Waals surface area contributed by atoms with Gasteiger partial charge in [0.05, 0.1) is 0 Å². The van der Waals surface area contributed by atoms with Crippen LogP contribution in [0.15, 0.2) is 39.8 Å². The normalized spacial score (nSPS) is 15.6. The molecule has 1 nitrogen and oxygen atoms in total. The van der Waals surface area contributed by atoms with Crippen molar-refractivity contribution in [3.05, 3.63) is 40.4 Å². The third-order valence-corrected chi connectivity index (χ3v) is 2.56. The summed E-state index contributed by atoms with van der Waals surface area (Å²) in [5, 5.41) is 0. The van der Waals surface area contributed by atoms with E-state index in [0.717, 1.165) is 17.4 Å². The summed E-state index contributed by atoms with van der Waals surface area (Å²) in [6, 6.07) is 8.32. The fourth-order valence-electron chi connectivity index (χ4n) is 1.34. The molecule has 1 aromatic rings. The van der Waals surface area contributed by atoms with Gasteiger partial charge >= 0.3 is 0 Å². The fraction of sp³-hybridized carbons (Fsp3) is 0.182. The fourth-order valence-corrected chi connectivity index (χ4v) is 1.61. The zero-order chi connectivity index (χ0) is 9.10. The third-order valence-electron chi connectivity index (χ3n) is 2.03. The van der Waals surface area contributed by atoms with Crippen molar-refractivity contribution >= 4 is 27.7 Å². The zero-order valence-corrected chi connectivity index (χ0v) is 8.79. The molecule has 0 aromatic heterocycles. The standard InChI is InChI=1S/C11H10BrN/c12-11-5-3-9(4-6-11)10-2-1-7-13-8-10/h2-6,8H,1,7H2. The van der Waals surface area contributed by atoms with Crippen LogP contribution in [-0.2, 0) is 0 Å². The summed E-state index contributed by atoms with van der Waals surface area (Å²) in [5.74, 6) is 0. The number of hydrogen-bond donors (Lipinski definition) is 0. The van der Waals surface area contributed by atoms with Crippen LogP contribution in [0, 0.1) is 0 Å². The molecule has 0 saturated carbocycles. The van der Waals surface area contributed by atoms with Crippen molar-refractivity contribution in [1.29, 1.82) is 0 Å². The highest BCUT2D eigenvalue weighted by Gasteiger charge is 2.00. The highest BCUT2D eigenvalue weighted by molar-refractivity contribution is 9.10. The second-order valence-electron chi connectivity index (χ2n) is 2.99. The highest BCUT2D eigenvalue weighted by atomic mass is 79.9. The number of nitrogens with zero attached hydrogens (tertiary/aromatic N) is 1. The van der Waals surface area contributed by atoms with Gasteiger partial charge in [-0.25, -0.2) is 0 Å². The van der Waals surface area contributed by atoms with Crippen molar-refractivity contribution in [2.24, 2.45) is 4.99 Å². The molecule has 1 aliphatic heterocycles. The summed E-state index contributed by atoms with van der Waals surface area (Å²) < 4.78 is 1.12. The SMILES string of the molecule is Brc1ccc(C2=CCCN=C2)cc1. The minimum Gasteiger partial charge on any atom is -0.292 e. The van der Waals surface area contributed by atoms with Gasteiger partial charge < -0.3 is 0 Å². The van der Waals surface area contributed by atoms with E-state index in [1.807, 2.05) is 6.21 Å². The molecule has 0 unspecified atom stereocenters. The summed E-state index contributed by atoms with van der Waals surface area (Å²) in [5.41, 5.74) is 2.48. The maximum absolute atomic E-state index is 4.25. The van der Waals surface area contributed by atoms with E-state index >= 15 is 0 Å². The first-order chi connectivity index (χ1) is 6.36. The number of rotatable bonds is 1. The molecule has 13 heavy (non-hydrogen) atoms. The Morgan fingerprint density at radius 3 is 2.54 bits per heavy atom. The van der Waals surface area contributed by atoms with E-state index in [4.69, 9.17) is 0 Å². The van der Waals surface area contributed by atoms with Gasteiger partial charge in [-0.2, -0.15) is 0 Å². The number of dihydropyridines is 1. The molecule has 0 fully saturated rings. The van der Waals surface area contributed by atoms with E-state index < -0.39 is 0 Å². The smallest absolute Gasteiger partial charge is 0.0424 e. The van der Waals surface area contributed by atoms with E-state index in [1.165, 1.54) is 11.1 Å². The van der Waals surface area contributed by atoms with Crippen LogP contribution < -0.4 is 0 Å². The van der Waals surface area contributed by atoms with Crippen LogP contribution >= 0.6 is 15.9 Å². The van der Waals surface area contributed by atoms with Gasteiger partial charge in [-0.3, -0.25) is 4.99 Å². The highest BCUT2D eigenvalue weighted by Crippen LogP contribution is 2.18. The Hall–Kier alpha value is -0.890. The van der Waals surface area contributed by atoms with Crippen LogP contribution in [0.25, 0.3) is 5.57 Å². The van der Waals surface area contributed by atoms with Gasteiger partial charge in [0.25, 0.3) is 0 Å². The molecule has 1 aliphatic rings. The quantitative estimate of drug-likeness (QED) is 0.709. The molecule has 1 aromatic carbocycles. The molecular formula is C11H10BrN. The Kier molecular flexibility index (Phi) is 2.60. The molecule has 0 bridgehead atoms. The number of halogens is 1. The Morgan fingerprint density at radius 1 is 1.15 bits per heavy atom. The van der Waals surface area contributed by atoms with Gasteiger partial charge in [0, 0.05) is 17.2 Å². The first-order valence-corrected chi connectivity index (χ1v) is 5.11. The van der Waals surface area contributed by atoms with Crippen molar-refractivity contribution in [2.45, 2.75) is 6.42 Å². The molecule has 66 valence electrons. The molecule has 2 rings (SSSR count). The van der Waals surface area contributed by atoms with E-state index in [1.54, 1.807) is 0 Å². The van der Waals surface area contributed by atoms with E-state index in [9.17, 15) is 0 Å². The average Bonchev–Trinajstić information content (AvgIpc) is 2.20. The molecule has 2 heteroatoms. The van der Waals surface area contributed by atoms with Crippen LogP contribution in [0.2, 0.25) is 0 Å². The maximum Gasteiger partial charge on any atom is 0.0424 e. The molecule has 0 amide bonds. The molecule has 0 aliphatic carbocycles. The van der Waals surface area contributed by atoms with Gasteiger partial charge in [-0.15, -0.1) is 0 Å². The van der Waals surface area contributed by atoms with E-state index in [2.05, 4.69) is 51.3 Å². The lowest BCUT2D eigenvalue weighted by atomic mass is 10.0. The van der Waals surface area contributed by atoms with Gasteiger partial charge in [-0.05, 0) is 29.7 Å². The van der Waals surface area contributed by atoms with E-state index in [0.29, 0.717) is 0 Å². The summed E-state index contributed by atoms with van der Waals surface area (Å²) >= 11 is 3.42. The number of allylic oxidation sites excluding steroid dienone is 1. The second-order valence-corrected chi connectivity index (χ2v) is 3.91. The lowest BCUT2D eigenvalue weighted by molar-refractivity contribution is 1.01. The lowest BCUT2D eigenvalue weighted by Gasteiger charge is -2.06. The van der Waals surface area contributed by atoms with Crippen LogP contribution in [0.4, 0.5) is 0 Å². The van der Waals surface area contributed by atoms with Crippen molar-refractivity contribution in [1.82, 2.24) is 0 Å². The van der Waals surface area contributed by atoms with E-state index in [-0.39, 0.29) is 0 Å². The number of benzene rings is 1. The molecular weight excluding hydrogens is 226 g/mol. The molecule has 0 radical (unpaired) electrons. The minimum absolute atomic E-state index is 0.931. The minimum atomic E-state index is 0.931. The Labute approximate surface area is 86.3 Å². The van der Waals surface area contributed by atoms with Gasteiger partial charge in [-0.1, -0.05) is 34.1 Å². The third kappa shape index (κ3) is 2.07. The van der Waals surface area contributed by atoms with Crippen molar-refractivity contribution < 1.29 is 0 Å². The monoisotopic (exact) mass is 235 g/mol. The average molecular weight is 236 g/mol. The Bertz CT molecular complexity index is 349. The molecule has 0 saturated heterocycles. The molecule has 0 spiro atoms. The summed E-state index contributed by atoms with van der Waals surface area (Å²) in [4.78, 5) is 4.25. The van der Waals surface area contributed by atoms with Gasteiger partial charge in [0.2, 0.25) is 0 Å². The molecule has 0 atom stereocenters. The van der Waals surface area contributed by atoms with Gasteiger partial charge in [0.15, 0.2) is 0 Å². The van der Waals surface area contributed by atoms with Crippen LogP contribution in [-0.4, -0.2) is 12.8 Å². The van der Waals surface area contributed by atoms with Crippen LogP contribution in [0.1, 0.15) is 12.0 Å². The zero-order valence-electron chi connectivity index (χ0n) is 7.20. The topological polar surface area (TPSA) is 12.4 Å². The van der Waals surface area contributed by atoms with Crippen LogP contribution in [0.5, 0.6) is 0 Å². The lowest BCUT2D eigenvalue weighted by Crippen LogP contribution is -1.93. The first-order valence-electron chi connectivity index (χ1n) is 4.32. The predicted octanol–water partition coefficient (Wildman–Crippen LogP) is 3.31. The van der Waals surface area contributed by atoms with Crippen molar-refractivity contribution in [2.75, 3.05) is 6.54 Å². The van der Waals surface area contributed by atoms with Crippen molar-refractivity contribution in [3.8, 4) is 0 Å². The van der Waals surface area contributed by atoms with Gasteiger partial charge in [0.1, 0.15) is 0 Å². The van der Waals surface area contributed by atoms with Crippen molar-refractivity contribution in [3.63, 3.8) is 0 Å².